The van der Waals surface area contributed by atoms with Gasteiger partial charge in [0.15, 0.2) is 11.5 Å². The van der Waals surface area contributed by atoms with E-state index in [-0.39, 0.29) is 10.5 Å². The van der Waals surface area contributed by atoms with Crippen molar-refractivity contribution in [2.24, 2.45) is 5.14 Å². The lowest BCUT2D eigenvalue weighted by Gasteiger charge is -2.13. The maximum Gasteiger partial charge on any atom is 0.279 e. The molecule has 0 aliphatic carbocycles. The summed E-state index contributed by atoms with van der Waals surface area (Å²) in [5, 5.41) is 10.9. The van der Waals surface area contributed by atoms with Gasteiger partial charge in [0, 0.05) is 10.9 Å². The van der Waals surface area contributed by atoms with Gasteiger partial charge in [0.05, 0.1) is 35.9 Å². The van der Waals surface area contributed by atoms with Gasteiger partial charge < -0.3 is 9.47 Å². The highest BCUT2D eigenvalue weighted by Crippen LogP contribution is 2.33. The minimum atomic E-state index is -3.85. The summed E-state index contributed by atoms with van der Waals surface area (Å²) in [5.41, 5.74) is 1.36. The number of ether oxygens (including phenoxy) is 2. The molecule has 1 aromatic heterocycles. The fourth-order valence-corrected chi connectivity index (χ4v) is 3.85. The first-order valence-electron chi connectivity index (χ1n) is 9.21. The molecule has 0 unspecified atom stereocenters. The largest absolute Gasteiger partial charge is 0.493 e. The third-order valence-electron chi connectivity index (χ3n) is 4.87. The fraction of sp³-hybridized carbons (Fsp3) is 0.0909. The van der Waals surface area contributed by atoms with Crippen LogP contribution in [-0.4, -0.2) is 32.4 Å². The van der Waals surface area contributed by atoms with Crippen LogP contribution in [0.1, 0.15) is 0 Å². The van der Waals surface area contributed by atoms with Crippen LogP contribution in [0.25, 0.3) is 27.7 Å². The summed E-state index contributed by atoms with van der Waals surface area (Å²) in [6.07, 6.45) is 0. The van der Waals surface area contributed by atoms with Crippen molar-refractivity contribution in [1.82, 2.24) is 9.78 Å². The number of nitrogens with two attached hydrogens (primary N) is 1. The van der Waals surface area contributed by atoms with Crippen molar-refractivity contribution in [2.75, 3.05) is 14.2 Å². The molecule has 0 saturated carbocycles. The lowest BCUT2D eigenvalue weighted by molar-refractivity contribution is 0.355. The summed E-state index contributed by atoms with van der Waals surface area (Å²) in [6.45, 7) is 0. The van der Waals surface area contributed by atoms with Crippen molar-refractivity contribution in [2.45, 2.75) is 4.90 Å². The summed E-state index contributed by atoms with van der Waals surface area (Å²) in [6, 6.07) is 18.2. The van der Waals surface area contributed by atoms with E-state index in [0.29, 0.717) is 33.7 Å². The molecule has 0 atom stereocenters. The molecule has 0 radical (unpaired) electrons. The number of primary sulfonamides is 1. The third kappa shape index (κ3) is 3.76. The first-order valence-corrected chi connectivity index (χ1v) is 10.8. The van der Waals surface area contributed by atoms with Gasteiger partial charge in [-0.3, -0.25) is 4.79 Å². The highest BCUT2D eigenvalue weighted by molar-refractivity contribution is 7.89. The highest BCUT2D eigenvalue weighted by atomic mass is 32.2. The van der Waals surface area contributed by atoms with Crippen LogP contribution in [0.2, 0.25) is 0 Å². The average Bonchev–Trinajstić information content (AvgIpc) is 2.78. The Balaban J connectivity index is 1.97. The van der Waals surface area contributed by atoms with Crippen molar-refractivity contribution in [3.05, 3.63) is 77.1 Å². The van der Waals surface area contributed by atoms with Gasteiger partial charge in [0.25, 0.3) is 5.56 Å². The van der Waals surface area contributed by atoms with Gasteiger partial charge in [0.1, 0.15) is 0 Å². The molecule has 9 heteroatoms. The number of benzene rings is 3. The van der Waals surface area contributed by atoms with Gasteiger partial charge in [-0.05, 0) is 48.5 Å². The minimum Gasteiger partial charge on any atom is -0.493 e. The molecule has 4 aromatic rings. The van der Waals surface area contributed by atoms with Gasteiger partial charge in [-0.15, -0.1) is 0 Å². The van der Waals surface area contributed by atoms with E-state index in [1.165, 1.54) is 28.9 Å². The molecule has 0 spiro atoms. The maximum atomic E-state index is 13.1. The van der Waals surface area contributed by atoms with E-state index < -0.39 is 10.0 Å². The zero-order valence-corrected chi connectivity index (χ0v) is 17.6. The zero-order valence-electron chi connectivity index (χ0n) is 16.8. The Bertz CT molecular complexity index is 1440. The average molecular weight is 437 g/mol. The highest BCUT2D eigenvalue weighted by Gasteiger charge is 2.16. The Hall–Kier alpha value is -3.69. The number of aromatic nitrogens is 2. The van der Waals surface area contributed by atoms with E-state index in [2.05, 4.69) is 5.10 Å². The van der Waals surface area contributed by atoms with E-state index >= 15 is 0 Å². The zero-order chi connectivity index (χ0) is 22.2. The molecule has 0 aliphatic heterocycles. The van der Waals surface area contributed by atoms with Crippen LogP contribution in [0, 0.1) is 0 Å². The molecule has 4 rings (SSSR count). The van der Waals surface area contributed by atoms with Crippen LogP contribution in [0.5, 0.6) is 11.5 Å². The van der Waals surface area contributed by atoms with Crippen molar-refractivity contribution in [3.63, 3.8) is 0 Å². The van der Waals surface area contributed by atoms with E-state index in [1.54, 1.807) is 38.5 Å². The number of fused-ring (bicyclic) bond motifs is 1. The molecule has 2 N–H and O–H groups in total. The Labute approximate surface area is 178 Å². The Kier molecular flexibility index (Phi) is 5.22. The number of nitrogens with zero attached hydrogens (tertiary/aromatic N) is 2. The number of sulfonamides is 1. The molecule has 158 valence electrons. The van der Waals surface area contributed by atoms with Crippen molar-refractivity contribution < 1.29 is 17.9 Å². The van der Waals surface area contributed by atoms with Crippen LogP contribution in [0.3, 0.4) is 0 Å². The van der Waals surface area contributed by atoms with E-state index in [9.17, 15) is 13.2 Å². The van der Waals surface area contributed by atoms with Crippen molar-refractivity contribution in [3.8, 4) is 28.4 Å². The molecule has 31 heavy (non-hydrogen) atoms. The predicted molar refractivity (Wildman–Crippen MR) is 117 cm³/mol. The molecule has 1 heterocycles. The first kappa shape index (κ1) is 20.6. The fourth-order valence-electron chi connectivity index (χ4n) is 3.34. The first-order chi connectivity index (χ1) is 14.8. The summed E-state index contributed by atoms with van der Waals surface area (Å²) < 4.78 is 35.0. The molecular formula is C22H19N3O5S. The van der Waals surface area contributed by atoms with Crippen molar-refractivity contribution in [1.29, 1.82) is 0 Å². The minimum absolute atomic E-state index is 0.0507. The normalized spacial score (nSPS) is 11.5. The van der Waals surface area contributed by atoms with E-state index in [4.69, 9.17) is 14.6 Å². The summed E-state index contributed by atoms with van der Waals surface area (Å²) in [5.74, 6) is 1.10. The number of rotatable bonds is 5. The Morgan fingerprint density at radius 1 is 0.871 bits per heavy atom. The van der Waals surface area contributed by atoms with Crippen LogP contribution >= 0.6 is 0 Å². The van der Waals surface area contributed by atoms with Gasteiger partial charge in [-0.25, -0.2) is 13.6 Å². The third-order valence-corrected chi connectivity index (χ3v) is 5.80. The van der Waals surface area contributed by atoms with Crippen LogP contribution in [0.4, 0.5) is 0 Å². The molecule has 0 saturated heterocycles. The summed E-state index contributed by atoms with van der Waals surface area (Å²) in [4.78, 5) is 13.1. The summed E-state index contributed by atoms with van der Waals surface area (Å²) >= 11 is 0. The second kappa shape index (κ2) is 7.86. The monoisotopic (exact) mass is 437 g/mol. The maximum absolute atomic E-state index is 13.1. The SMILES string of the molecule is COc1ccc(-c2nn(-c3ccc(S(N)(=O)=O)cc3)c(=O)c3ccccc23)cc1OC. The number of hydrogen-bond acceptors (Lipinski definition) is 6. The van der Waals surface area contributed by atoms with Gasteiger partial charge in [-0.2, -0.15) is 9.78 Å². The van der Waals surface area contributed by atoms with Crippen LogP contribution in [0.15, 0.2) is 76.4 Å². The summed E-state index contributed by atoms with van der Waals surface area (Å²) in [7, 11) is -0.751. The number of methoxy groups -OCH3 is 2. The smallest absolute Gasteiger partial charge is 0.279 e. The lowest BCUT2D eigenvalue weighted by atomic mass is 10.0. The molecule has 0 amide bonds. The Morgan fingerprint density at radius 2 is 1.52 bits per heavy atom. The van der Waals surface area contributed by atoms with Gasteiger partial charge >= 0.3 is 0 Å². The molecular weight excluding hydrogens is 418 g/mol. The van der Waals surface area contributed by atoms with Crippen molar-refractivity contribution >= 4 is 20.8 Å². The molecule has 0 aliphatic rings. The standard InChI is InChI=1S/C22H19N3O5S/c1-29-19-12-7-14(13-20(19)30-2)21-17-5-3-4-6-18(17)22(26)25(24-21)15-8-10-16(11-9-15)31(23,27)28/h3-13H,1-2H3,(H2,23,27,28). The topological polar surface area (TPSA) is 114 Å². The van der Waals surface area contributed by atoms with E-state index in [1.807, 2.05) is 18.2 Å². The molecule has 0 bridgehead atoms. The quantitative estimate of drug-likeness (QED) is 0.514. The second-order valence-electron chi connectivity index (χ2n) is 6.72. The van der Waals surface area contributed by atoms with Gasteiger partial charge in [0.2, 0.25) is 10.0 Å². The Morgan fingerprint density at radius 3 is 2.13 bits per heavy atom. The lowest BCUT2D eigenvalue weighted by Crippen LogP contribution is -2.22. The molecule has 8 nitrogen and oxygen atoms in total. The second-order valence-corrected chi connectivity index (χ2v) is 8.28. The molecule has 0 fully saturated rings. The van der Waals surface area contributed by atoms with Crippen LogP contribution < -0.4 is 20.2 Å². The predicted octanol–water partition coefficient (Wildman–Crippen LogP) is 2.72. The van der Waals surface area contributed by atoms with Gasteiger partial charge in [-0.1, -0.05) is 18.2 Å². The van der Waals surface area contributed by atoms with Crippen LogP contribution in [-0.2, 0) is 10.0 Å². The molecule has 3 aromatic carbocycles. The van der Waals surface area contributed by atoms with E-state index in [0.717, 1.165) is 5.56 Å². The number of hydrogen-bond donors (Lipinski definition) is 1.